The molecule has 0 saturated carbocycles. The number of nitrogens with zero attached hydrogens (tertiary/aromatic N) is 1. The predicted molar refractivity (Wildman–Crippen MR) is 116 cm³/mol. The van der Waals surface area contributed by atoms with Gasteiger partial charge in [-0.2, -0.15) is 0 Å². The SMILES string of the molecule is COc1ccc(NC(=NC[C@H]2CCCO2)NC(=O)c2cccc(NC(C)=O)c2)cc1. The van der Waals surface area contributed by atoms with Crippen LogP contribution in [-0.4, -0.2) is 44.1 Å². The Labute approximate surface area is 175 Å². The maximum Gasteiger partial charge on any atom is 0.258 e. The first-order valence-corrected chi connectivity index (χ1v) is 9.79. The van der Waals surface area contributed by atoms with Gasteiger partial charge in [0.05, 0.1) is 19.8 Å². The predicted octanol–water partition coefficient (Wildman–Crippen LogP) is 3.03. The van der Waals surface area contributed by atoms with Crippen LogP contribution < -0.4 is 20.7 Å². The molecule has 1 atom stereocenters. The Bertz CT molecular complexity index is 906. The van der Waals surface area contributed by atoms with Gasteiger partial charge in [0.1, 0.15) is 5.75 Å². The van der Waals surface area contributed by atoms with Crippen molar-refractivity contribution in [1.82, 2.24) is 5.32 Å². The van der Waals surface area contributed by atoms with Crippen LogP contribution in [0.5, 0.6) is 5.75 Å². The highest BCUT2D eigenvalue weighted by atomic mass is 16.5. The minimum absolute atomic E-state index is 0.0534. The van der Waals surface area contributed by atoms with E-state index in [1.165, 1.54) is 6.92 Å². The highest BCUT2D eigenvalue weighted by Gasteiger charge is 2.16. The topological polar surface area (TPSA) is 101 Å². The van der Waals surface area contributed by atoms with Gasteiger partial charge in [-0.15, -0.1) is 0 Å². The zero-order valence-electron chi connectivity index (χ0n) is 17.1. The number of guanidine groups is 1. The molecule has 1 aliphatic rings. The minimum Gasteiger partial charge on any atom is -0.497 e. The Morgan fingerprint density at radius 3 is 2.60 bits per heavy atom. The monoisotopic (exact) mass is 410 g/mol. The molecule has 8 heteroatoms. The van der Waals surface area contributed by atoms with E-state index in [1.807, 2.05) is 24.3 Å². The zero-order valence-corrected chi connectivity index (χ0v) is 17.1. The molecule has 0 aliphatic carbocycles. The molecule has 158 valence electrons. The highest BCUT2D eigenvalue weighted by Crippen LogP contribution is 2.16. The molecule has 0 unspecified atom stereocenters. The number of carbonyl (C=O) groups excluding carboxylic acids is 2. The normalized spacial score (nSPS) is 16.1. The molecule has 0 radical (unpaired) electrons. The van der Waals surface area contributed by atoms with Crippen LogP contribution in [-0.2, 0) is 9.53 Å². The highest BCUT2D eigenvalue weighted by molar-refractivity contribution is 6.10. The molecule has 0 aromatic heterocycles. The largest absolute Gasteiger partial charge is 0.497 e. The van der Waals surface area contributed by atoms with Gasteiger partial charge in [-0.1, -0.05) is 6.07 Å². The van der Waals surface area contributed by atoms with Crippen LogP contribution in [0.15, 0.2) is 53.5 Å². The van der Waals surface area contributed by atoms with Gasteiger partial charge >= 0.3 is 0 Å². The third kappa shape index (κ3) is 6.31. The van der Waals surface area contributed by atoms with Gasteiger partial charge in [0.2, 0.25) is 11.9 Å². The van der Waals surface area contributed by atoms with Gasteiger partial charge < -0.3 is 20.1 Å². The molecule has 0 bridgehead atoms. The molecule has 1 heterocycles. The molecule has 30 heavy (non-hydrogen) atoms. The summed E-state index contributed by atoms with van der Waals surface area (Å²) in [5.41, 5.74) is 1.72. The lowest BCUT2D eigenvalue weighted by atomic mass is 10.2. The molecule has 2 aromatic carbocycles. The van der Waals surface area contributed by atoms with Gasteiger partial charge in [-0.25, -0.2) is 4.99 Å². The first kappa shape index (κ1) is 21.3. The van der Waals surface area contributed by atoms with Crippen molar-refractivity contribution >= 4 is 29.1 Å². The standard InChI is InChI=1S/C22H26N4O4/c1-15(27)24-18-6-3-5-16(13-18)21(28)26-22(23-14-20-7-4-12-30-20)25-17-8-10-19(29-2)11-9-17/h3,5-6,8-11,13,20H,4,7,12,14H2,1-2H3,(H,24,27)(H2,23,25,26,28)/t20-/m1/s1. The second-order valence-electron chi connectivity index (χ2n) is 6.89. The number of hydrogen-bond donors (Lipinski definition) is 3. The Morgan fingerprint density at radius 1 is 1.13 bits per heavy atom. The molecule has 2 amide bonds. The molecule has 8 nitrogen and oxygen atoms in total. The molecule has 1 aliphatic heterocycles. The first-order valence-electron chi connectivity index (χ1n) is 9.79. The van der Waals surface area contributed by atoms with Crippen LogP contribution in [0.1, 0.15) is 30.1 Å². The summed E-state index contributed by atoms with van der Waals surface area (Å²) in [6.07, 6.45) is 2.02. The van der Waals surface area contributed by atoms with E-state index in [4.69, 9.17) is 9.47 Å². The average molecular weight is 410 g/mol. The van der Waals surface area contributed by atoms with Crippen molar-refractivity contribution in [1.29, 1.82) is 0 Å². The molecule has 3 N–H and O–H groups in total. The van der Waals surface area contributed by atoms with E-state index in [2.05, 4.69) is 20.9 Å². The van der Waals surface area contributed by atoms with Crippen molar-refractivity contribution < 1.29 is 19.1 Å². The summed E-state index contributed by atoms with van der Waals surface area (Å²) in [5.74, 6) is 0.518. The van der Waals surface area contributed by atoms with Gasteiger partial charge in [-0.3, -0.25) is 14.9 Å². The van der Waals surface area contributed by atoms with E-state index >= 15 is 0 Å². The van der Waals surface area contributed by atoms with Gasteiger partial charge in [0.25, 0.3) is 5.91 Å². The average Bonchev–Trinajstić information content (AvgIpc) is 3.26. The minimum atomic E-state index is -0.339. The quantitative estimate of drug-likeness (QED) is 0.502. The van der Waals surface area contributed by atoms with E-state index in [9.17, 15) is 9.59 Å². The number of rotatable bonds is 6. The number of amides is 2. The second-order valence-corrected chi connectivity index (χ2v) is 6.89. The summed E-state index contributed by atoms with van der Waals surface area (Å²) in [7, 11) is 1.60. The number of benzene rings is 2. The summed E-state index contributed by atoms with van der Waals surface area (Å²) in [5, 5.41) is 8.63. The lowest BCUT2D eigenvalue weighted by Crippen LogP contribution is -2.36. The van der Waals surface area contributed by atoms with Gasteiger partial charge in [0, 0.05) is 30.5 Å². The van der Waals surface area contributed by atoms with Gasteiger partial charge in [0.15, 0.2) is 0 Å². The summed E-state index contributed by atoms with van der Waals surface area (Å²) in [6, 6.07) is 14.0. The molecule has 2 aromatic rings. The number of aliphatic imine (C=N–C) groups is 1. The number of anilines is 2. The summed E-state index contributed by atoms with van der Waals surface area (Å²) in [6.45, 7) is 2.61. The lowest BCUT2D eigenvalue weighted by molar-refractivity contribution is -0.114. The summed E-state index contributed by atoms with van der Waals surface area (Å²) in [4.78, 5) is 28.6. The summed E-state index contributed by atoms with van der Waals surface area (Å²) >= 11 is 0. The third-order valence-electron chi connectivity index (χ3n) is 4.51. The van der Waals surface area contributed by atoms with E-state index in [1.54, 1.807) is 31.4 Å². The van der Waals surface area contributed by atoms with Crippen LogP contribution in [0.25, 0.3) is 0 Å². The van der Waals surface area contributed by atoms with Crippen molar-refractivity contribution in [2.75, 3.05) is 30.9 Å². The van der Waals surface area contributed by atoms with Crippen LogP contribution in [0, 0.1) is 0 Å². The lowest BCUT2D eigenvalue weighted by Gasteiger charge is -2.14. The van der Waals surface area contributed by atoms with E-state index < -0.39 is 0 Å². The van der Waals surface area contributed by atoms with E-state index in [0.29, 0.717) is 23.8 Å². The second kappa shape index (κ2) is 10.4. The Balaban J connectivity index is 1.74. The molecule has 1 saturated heterocycles. The van der Waals surface area contributed by atoms with Crippen molar-refractivity contribution in [2.45, 2.75) is 25.9 Å². The molecular weight excluding hydrogens is 384 g/mol. The van der Waals surface area contributed by atoms with Crippen molar-refractivity contribution in [2.24, 2.45) is 4.99 Å². The zero-order chi connectivity index (χ0) is 21.3. The molecular formula is C22H26N4O4. The Morgan fingerprint density at radius 2 is 1.93 bits per heavy atom. The third-order valence-corrected chi connectivity index (χ3v) is 4.51. The summed E-state index contributed by atoms with van der Waals surface area (Å²) < 4.78 is 10.8. The Hall–Kier alpha value is -3.39. The van der Waals surface area contributed by atoms with Gasteiger partial charge in [-0.05, 0) is 55.3 Å². The first-order chi connectivity index (χ1) is 14.5. The number of nitrogens with one attached hydrogen (secondary N) is 3. The Kier molecular flexibility index (Phi) is 7.40. The van der Waals surface area contributed by atoms with Crippen molar-refractivity contribution in [3.63, 3.8) is 0 Å². The maximum atomic E-state index is 12.8. The molecule has 0 spiro atoms. The fourth-order valence-corrected chi connectivity index (χ4v) is 3.02. The fourth-order valence-electron chi connectivity index (χ4n) is 3.02. The van der Waals surface area contributed by atoms with Crippen molar-refractivity contribution in [3.05, 3.63) is 54.1 Å². The smallest absolute Gasteiger partial charge is 0.258 e. The van der Waals surface area contributed by atoms with Crippen LogP contribution in [0.4, 0.5) is 11.4 Å². The van der Waals surface area contributed by atoms with E-state index in [0.717, 1.165) is 30.9 Å². The molecule has 3 rings (SSSR count). The molecule has 1 fully saturated rings. The number of carbonyl (C=O) groups is 2. The van der Waals surface area contributed by atoms with Crippen molar-refractivity contribution in [3.8, 4) is 5.75 Å². The van der Waals surface area contributed by atoms with Crippen LogP contribution in [0.3, 0.4) is 0 Å². The fraction of sp³-hybridized carbons (Fsp3) is 0.318. The van der Waals surface area contributed by atoms with Crippen LogP contribution in [0.2, 0.25) is 0 Å². The number of hydrogen-bond acceptors (Lipinski definition) is 5. The number of ether oxygens (including phenoxy) is 2. The number of methoxy groups -OCH3 is 1. The maximum absolute atomic E-state index is 12.8. The van der Waals surface area contributed by atoms with E-state index in [-0.39, 0.29) is 17.9 Å². The van der Waals surface area contributed by atoms with Crippen LogP contribution >= 0.6 is 0 Å².